The number of anilines is 1. The molecule has 0 spiro atoms. The average Bonchev–Trinajstić information content (AvgIpc) is 3.06. The minimum absolute atomic E-state index is 0.0410. The van der Waals surface area contributed by atoms with Gasteiger partial charge in [-0.3, -0.25) is 14.4 Å². The minimum Gasteiger partial charge on any atom is -0.497 e. The van der Waals surface area contributed by atoms with Gasteiger partial charge in [-0.1, -0.05) is 25.5 Å². The van der Waals surface area contributed by atoms with Crippen LogP contribution >= 0.6 is 0 Å². The van der Waals surface area contributed by atoms with E-state index in [0.717, 1.165) is 12.8 Å². The number of β-amino-alcohol motifs (C(OH)–C–C–N with tert-alkyl or cyclic N) is 1. The highest BCUT2D eigenvalue weighted by atomic mass is 16.5. The number of aliphatic hydroxyl groups excluding tert-OH is 1. The Morgan fingerprint density at radius 1 is 1.16 bits per heavy atom. The molecule has 31 heavy (non-hydrogen) atoms. The Kier molecular flexibility index (Phi) is 7.33. The molecule has 2 aliphatic rings. The quantitative estimate of drug-likeness (QED) is 0.542. The molecule has 1 aromatic carbocycles. The van der Waals surface area contributed by atoms with Crippen molar-refractivity contribution in [1.82, 2.24) is 10.2 Å². The van der Waals surface area contributed by atoms with Gasteiger partial charge in [-0.05, 0) is 36.6 Å². The van der Waals surface area contributed by atoms with Crippen molar-refractivity contribution in [3.8, 4) is 5.75 Å². The van der Waals surface area contributed by atoms with E-state index >= 15 is 0 Å². The largest absolute Gasteiger partial charge is 0.497 e. The molecule has 1 aliphatic carbocycles. The van der Waals surface area contributed by atoms with E-state index in [1.165, 1.54) is 4.90 Å². The van der Waals surface area contributed by atoms with Gasteiger partial charge in [0.2, 0.25) is 17.7 Å². The third-order valence-electron chi connectivity index (χ3n) is 6.25. The summed E-state index contributed by atoms with van der Waals surface area (Å²) in [4.78, 5) is 40.8. The van der Waals surface area contributed by atoms with Gasteiger partial charge in [0, 0.05) is 25.2 Å². The summed E-state index contributed by atoms with van der Waals surface area (Å²) in [5.74, 6) is -1.77. The lowest BCUT2D eigenvalue weighted by atomic mass is 9.68. The fraction of sp³-hybridized carbons (Fsp3) is 0.522. The van der Waals surface area contributed by atoms with E-state index in [1.807, 2.05) is 19.1 Å². The number of hydrogen-bond donors (Lipinski definition) is 3. The van der Waals surface area contributed by atoms with Gasteiger partial charge in [0.1, 0.15) is 11.8 Å². The predicted molar refractivity (Wildman–Crippen MR) is 116 cm³/mol. The van der Waals surface area contributed by atoms with Crippen molar-refractivity contribution in [2.24, 2.45) is 23.7 Å². The summed E-state index contributed by atoms with van der Waals surface area (Å²) in [5.41, 5.74) is 0.581. The van der Waals surface area contributed by atoms with Crippen molar-refractivity contribution >= 4 is 23.4 Å². The molecule has 168 valence electrons. The number of rotatable bonds is 8. The van der Waals surface area contributed by atoms with E-state index < -0.39 is 23.8 Å². The zero-order valence-electron chi connectivity index (χ0n) is 18.2. The van der Waals surface area contributed by atoms with E-state index in [2.05, 4.69) is 10.6 Å². The Bertz CT molecular complexity index is 838. The molecule has 1 heterocycles. The smallest absolute Gasteiger partial charge is 0.247 e. The molecular weight excluding hydrogens is 398 g/mol. The Hall–Kier alpha value is -2.87. The summed E-state index contributed by atoms with van der Waals surface area (Å²) < 4.78 is 5.14. The summed E-state index contributed by atoms with van der Waals surface area (Å²) in [5, 5.41) is 15.1. The second-order valence-electron chi connectivity index (χ2n) is 8.00. The molecule has 1 fully saturated rings. The van der Waals surface area contributed by atoms with Crippen LogP contribution in [0.1, 0.15) is 19.8 Å². The predicted octanol–water partition coefficient (Wildman–Crippen LogP) is 1.42. The summed E-state index contributed by atoms with van der Waals surface area (Å²) >= 11 is 0. The number of carbonyl (C=O) groups is 3. The molecule has 5 atom stereocenters. The highest BCUT2D eigenvalue weighted by molar-refractivity contribution is 6.01. The SMILES string of the molecule is CCC[C@@H]1C=C[C@H]2[C@@H](C(=O)N(CCO)[C@@H]2C(=O)Nc2ccc(OC)cc2)[C@@H]1C(=O)NC. The van der Waals surface area contributed by atoms with Crippen LogP contribution in [0.4, 0.5) is 5.69 Å². The zero-order valence-corrected chi connectivity index (χ0v) is 18.2. The van der Waals surface area contributed by atoms with E-state index in [-0.39, 0.29) is 36.8 Å². The van der Waals surface area contributed by atoms with Crippen LogP contribution in [-0.4, -0.2) is 61.1 Å². The van der Waals surface area contributed by atoms with E-state index in [1.54, 1.807) is 38.4 Å². The maximum Gasteiger partial charge on any atom is 0.247 e. The molecule has 8 nitrogen and oxygen atoms in total. The molecular formula is C23H31N3O5. The number of nitrogens with zero attached hydrogens (tertiary/aromatic N) is 1. The maximum atomic E-state index is 13.4. The van der Waals surface area contributed by atoms with Gasteiger partial charge in [0.05, 0.1) is 25.6 Å². The van der Waals surface area contributed by atoms with Crippen LogP contribution in [0.15, 0.2) is 36.4 Å². The van der Waals surface area contributed by atoms with Crippen molar-refractivity contribution < 1.29 is 24.2 Å². The van der Waals surface area contributed by atoms with Crippen LogP contribution in [0.25, 0.3) is 0 Å². The monoisotopic (exact) mass is 429 g/mol. The first-order valence-corrected chi connectivity index (χ1v) is 10.7. The van der Waals surface area contributed by atoms with Crippen LogP contribution in [0, 0.1) is 23.7 Å². The molecule has 1 aliphatic heterocycles. The van der Waals surface area contributed by atoms with Gasteiger partial charge in [0.25, 0.3) is 0 Å². The fourth-order valence-electron chi connectivity index (χ4n) is 4.87. The van der Waals surface area contributed by atoms with E-state index in [0.29, 0.717) is 11.4 Å². The molecule has 0 bridgehead atoms. The van der Waals surface area contributed by atoms with Crippen LogP contribution in [0.5, 0.6) is 5.75 Å². The van der Waals surface area contributed by atoms with Gasteiger partial charge >= 0.3 is 0 Å². The highest BCUT2D eigenvalue weighted by Gasteiger charge is 2.56. The highest BCUT2D eigenvalue weighted by Crippen LogP contribution is 2.45. The second-order valence-corrected chi connectivity index (χ2v) is 8.00. The molecule has 0 unspecified atom stereocenters. The van der Waals surface area contributed by atoms with Crippen molar-refractivity contribution in [2.45, 2.75) is 25.8 Å². The number of aliphatic hydroxyl groups is 1. The first-order valence-electron chi connectivity index (χ1n) is 10.7. The second kappa shape index (κ2) is 9.96. The first-order chi connectivity index (χ1) is 15.0. The number of likely N-dealkylation sites (tertiary alicyclic amines) is 1. The fourth-order valence-corrected chi connectivity index (χ4v) is 4.87. The van der Waals surface area contributed by atoms with Gasteiger partial charge < -0.3 is 25.4 Å². The Morgan fingerprint density at radius 3 is 2.45 bits per heavy atom. The number of fused-ring (bicyclic) bond motifs is 1. The van der Waals surface area contributed by atoms with Crippen LogP contribution in [0.3, 0.4) is 0 Å². The average molecular weight is 430 g/mol. The summed E-state index contributed by atoms with van der Waals surface area (Å²) in [7, 11) is 3.13. The lowest BCUT2D eigenvalue weighted by molar-refractivity contribution is -0.140. The third kappa shape index (κ3) is 4.44. The van der Waals surface area contributed by atoms with Gasteiger partial charge in [-0.25, -0.2) is 0 Å². The van der Waals surface area contributed by atoms with E-state index in [9.17, 15) is 19.5 Å². The molecule has 3 rings (SSSR count). The Labute approximate surface area is 182 Å². The number of nitrogens with one attached hydrogen (secondary N) is 2. The number of hydrogen-bond acceptors (Lipinski definition) is 5. The minimum atomic E-state index is -0.794. The Morgan fingerprint density at radius 2 is 1.87 bits per heavy atom. The summed E-state index contributed by atoms with van der Waals surface area (Å²) in [6.45, 7) is 1.82. The lowest BCUT2D eigenvalue weighted by Gasteiger charge is -2.34. The number of ether oxygens (including phenoxy) is 1. The van der Waals surface area contributed by atoms with Gasteiger partial charge in [-0.2, -0.15) is 0 Å². The number of amides is 3. The maximum absolute atomic E-state index is 13.4. The third-order valence-corrected chi connectivity index (χ3v) is 6.25. The van der Waals surface area contributed by atoms with Gasteiger partial charge in [-0.15, -0.1) is 0 Å². The molecule has 3 amide bonds. The lowest BCUT2D eigenvalue weighted by Crippen LogP contribution is -2.45. The molecule has 3 N–H and O–H groups in total. The number of allylic oxidation sites excluding steroid dienone is 1. The molecule has 0 radical (unpaired) electrons. The van der Waals surface area contributed by atoms with Crippen LogP contribution in [0.2, 0.25) is 0 Å². The van der Waals surface area contributed by atoms with Gasteiger partial charge in [0.15, 0.2) is 0 Å². The molecule has 0 aromatic heterocycles. The standard InChI is InChI=1S/C23H31N3O5/c1-4-5-14-6-11-17-19(18(14)21(28)24-2)23(30)26(12-13-27)20(17)22(29)25-15-7-9-16(31-3)10-8-15/h6-11,14,17-20,27H,4-5,12-13H2,1-3H3,(H,24,28)(H,25,29)/t14-,17+,18-,19-,20+/m1/s1. The zero-order chi connectivity index (χ0) is 22.5. The topological polar surface area (TPSA) is 108 Å². The van der Waals surface area contributed by atoms with E-state index in [4.69, 9.17) is 4.74 Å². The number of methoxy groups -OCH3 is 1. The first kappa shape index (κ1) is 22.8. The van der Waals surface area contributed by atoms with Crippen molar-refractivity contribution in [1.29, 1.82) is 0 Å². The normalized spacial score (nSPS) is 27.0. The summed E-state index contributed by atoms with van der Waals surface area (Å²) in [6, 6.07) is 6.13. The van der Waals surface area contributed by atoms with Crippen LogP contribution in [-0.2, 0) is 14.4 Å². The van der Waals surface area contributed by atoms with Crippen molar-refractivity contribution in [3.05, 3.63) is 36.4 Å². The van der Waals surface area contributed by atoms with Crippen molar-refractivity contribution in [2.75, 3.05) is 32.6 Å². The van der Waals surface area contributed by atoms with Crippen LogP contribution < -0.4 is 15.4 Å². The number of carbonyl (C=O) groups excluding carboxylic acids is 3. The number of benzene rings is 1. The summed E-state index contributed by atoms with van der Waals surface area (Å²) in [6.07, 6.45) is 5.57. The molecule has 1 aromatic rings. The molecule has 0 saturated carbocycles. The molecule has 1 saturated heterocycles. The molecule has 8 heteroatoms. The Balaban J connectivity index is 1.92. The van der Waals surface area contributed by atoms with Crippen molar-refractivity contribution in [3.63, 3.8) is 0 Å².